The molecule has 1 aromatic rings. The maximum atomic E-state index is 12.6. The summed E-state index contributed by atoms with van der Waals surface area (Å²) < 4.78 is 7.17. The van der Waals surface area contributed by atoms with Gasteiger partial charge in [0.2, 0.25) is 5.91 Å². The van der Waals surface area contributed by atoms with Crippen molar-refractivity contribution in [2.45, 2.75) is 19.4 Å². The molecule has 0 aliphatic carbocycles. The number of halogens is 1. The predicted octanol–water partition coefficient (Wildman–Crippen LogP) is 0.987. The van der Waals surface area contributed by atoms with Gasteiger partial charge in [-0.05, 0) is 20.4 Å². The third-order valence-electron chi connectivity index (χ3n) is 3.75. The third kappa shape index (κ3) is 4.43. The molecule has 1 amide bonds. The van der Waals surface area contributed by atoms with Crippen molar-refractivity contribution >= 4 is 18.3 Å². The molecule has 2 unspecified atom stereocenters. The molecule has 21 heavy (non-hydrogen) atoms. The smallest absolute Gasteiger partial charge is 0.244 e. The summed E-state index contributed by atoms with van der Waals surface area (Å²) in [6.07, 6.45) is 4.65. The fourth-order valence-corrected chi connectivity index (χ4v) is 2.66. The Balaban J connectivity index is 0.00000220. The van der Waals surface area contributed by atoms with E-state index >= 15 is 0 Å². The summed E-state index contributed by atoms with van der Waals surface area (Å²) >= 11 is 0. The van der Waals surface area contributed by atoms with Crippen LogP contribution in [0.5, 0.6) is 0 Å². The Morgan fingerprint density at radius 2 is 2.38 bits per heavy atom. The highest BCUT2D eigenvalue weighted by atomic mass is 35.5. The molecular weight excluding hydrogens is 292 g/mol. The Hall–Kier alpha value is -1.11. The second-order valence-electron chi connectivity index (χ2n) is 5.27. The molecule has 0 bridgehead atoms. The van der Waals surface area contributed by atoms with Gasteiger partial charge in [-0.15, -0.1) is 12.4 Å². The van der Waals surface area contributed by atoms with Gasteiger partial charge in [0.25, 0.3) is 0 Å². The quantitative estimate of drug-likeness (QED) is 0.850. The number of hydrogen-bond acceptors (Lipinski definition) is 4. The lowest BCUT2D eigenvalue weighted by Crippen LogP contribution is -2.38. The number of likely N-dealkylation sites (N-methyl/N-ethyl adjacent to an activating group) is 1. The van der Waals surface area contributed by atoms with Crippen LogP contribution in [0.1, 0.15) is 24.9 Å². The van der Waals surface area contributed by atoms with E-state index in [0.717, 1.165) is 38.3 Å². The van der Waals surface area contributed by atoms with Gasteiger partial charge in [-0.2, -0.15) is 5.10 Å². The lowest BCUT2D eigenvalue weighted by Gasteiger charge is -2.22. The topological polar surface area (TPSA) is 59.4 Å². The average molecular weight is 317 g/mol. The molecule has 1 saturated heterocycles. The summed E-state index contributed by atoms with van der Waals surface area (Å²) in [4.78, 5) is 14.5. The van der Waals surface area contributed by atoms with Crippen LogP contribution in [0.3, 0.4) is 0 Å². The summed E-state index contributed by atoms with van der Waals surface area (Å²) in [5, 5.41) is 7.23. The molecule has 2 heterocycles. The SMILES string of the molecule is CCOCC1CCN(C(=O)C(NC)c2cnn(C)c2)C1.Cl. The molecule has 120 valence electrons. The van der Waals surface area contributed by atoms with Gasteiger partial charge in [0.05, 0.1) is 12.8 Å². The first-order valence-corrected chi connectivity index (χ1v) is 7.18. The van der Waals surface area contributed by atoms with Crippen LogP contribution in [0.25, 0.3) is 0 Å². The molecule has 0 radical (unpaired) electrons. The summed E-state index contributed by atoms with van der Waals surface area (Å²) in [6.45, 7) is 5.08. The van der Waals surface area contributed by atoms with E-state index in [9.17, 15) is 4.79 Å². The van der Waals surface area contributed by atoms with E-state index in [0.29, 0.717) is 5.92 Å². The van der Waals surface area contributed by atoms with Crippen molar-refractivity contribution in [1.82, 2.24) is 20.0 Å². The van der Waals surface area contributed by atoms with Crippen LogP contribution in [0, 0.1) is 5.92 Å². The monoisotopic (exact) mass is 316 g/mol. The van der Waals surface area contributed by atoms with Crippen molar-refractivity contribution in [2.75, 3.05) is 33.4 Å². The van der Waals surface area contributed by atoms with Crippen LogP contribution in [0.15, 0.2) is 12.4 Å². The molecule has 1 aliphatic rings. The van der Waals surface area contributed by atoms with Crippen LogP contribution < -0.4 is 5.32 Å². The zero-order valence-electron chi connectivity index (χ0n) is 12.9. The molecule has 0 spiro atoms. The number of carbonyl (C=O) groups excluding carboxylic acids is 1. The Labute approximate surface area is 132 Å². The minimum Gasteiger partial charge on any atom is -0.381 e. The van der Waals surface area contributed by atoms with Gasteiger partial charge >= 0.3 is 0 Å². The van der Waals surface area contributed by atoms with E-state index < -0.39 is 0 Å². The first-order chi connectivity index (χ1) is 9.65. The van der Waals surface area contributed by atoms with Crippen molar-refractivity contribution in [3.8, 4) is 0 Å². The van der Waals surface area contributed by atoms with E-state index in [1.807, 2.05) is 32.1 Å². The maximum Gasteiger partial charge on any atom is 0.244 e. The van der Waals surface area contributed by atoms with Gasteiger partial charge in [-0.3, -0.25) is 9.48 Å². The van der Waals surface area contributed by atoms with Gasteiger partial charge in [-0.25, -0.2) is 0 Å². The molecule has 2 rings (SSSR count). The normalized spacial score (nSPS) is 19.4. The van der Waals surface area contributed by atoms with Crippen LogP contribution in [0.4, 0.5) is 0 Å². The molecule has 7 heteroatoms. The van der Waals surface area contributed by atoms with E-state index in [2.05, 4.69) is 10.4 Å². The minimum absolute atomic E-state index is 0. The summed E-state index contributed by atoms with van der Waals surface area (Å²) in [7, 11) is 3.66. The fourth-order valence-electron chi connectivity index (χ4n) is 2.66. The number of aromatic nitrogens is 2. The number of carbonyl (C=O) groups is 1. The highest BCUT2D eigenvalue weighted by molar-refractivity contribution is 5.85. The number of hydrogen-bond donors (Lipinski definition) is 1. The zero-order chi connectivity index (χ0) is 14.5. The Morgan fingerprint density at radius 1 is 1.62 bits per heavy atom. The van der Waals surface area contributed by atoms with E-state index in [-0.39, 0.29) is 24.4 Å². The van der Waals surface area contributed by atoms with Gasteiger partial charge in [0, 0.05) is 44.4 Å². The molecular formula is C14H25ClN4O2. The highest BCUT2D eigenvalue weighted by Crippen LogP contribution is 2.22. The van der Waals surface area contributed by atoms with Crippen molar-refractivity contribution in [1.29, 1.82) is 0 Å². The Kier molecular flexibility index (Phi) is 7.14. The van der Waals surface area contributed by atoms with E-state index in [1.165, 1.54) is 0 Å². The average Bonchev–Trinajstić information content (AvgIpc) is 3.06. The standard InChI is InChI=1S/C14H24N4O2.ClH/c1-4-20-10-11-5-6-18(8-11)14(19)13(15-2)12-7-16-17(3)9-12;/h7,9,11,13,15H,4-6,8,10H2,1-3H3;1H. The fraction of sp³-hybridized carbons (Fsp3) is 0.714. The van der Waals surface area contributed by atoms with Gasteiger partial charge in [0.1, 0.15) is 6.04 Å². The molecule has 1 fully saturated rings. The largest absolute Gasteiger partial charge is 0.381 e. The summed E-state index contributed by atoms with van der Waals surface area (Å²) in [5.41, 5.74) is 0.910. The number of aryl methyl sites for hydroxylation is 1. The van der Waals surface area contributed by atoms with Gasteiger partial charge in [-0.1, -0.05) is 0 Å². The lowest BCUT2D eigenvalue weighted by atomic mass is 10.1. The molecule has 1 aromatic heterocycles. The first-order valence-electron chi connectivity index (χ1n) is 7.18. The second-order valence-corrected chi connectivity index (χ2v) is 5.27. The van der Waals surface area contributed by atoms with Crippen LogP contribution in [-0.4, -0.2) is 53.9 Å². The predicted molar refractivity (Wildman–Crippen MR) is 83.4 cm³/mol. The lowest BCUT2D eigenvalue weighted by molar-refractivity contribution is -0.132. The number of nitrogens with one attached hydrogen (secondary N) is 1. The molecule has 1 N–H and O–H groups in total. The number of likely N-dealkylation sites (tertiary alicyclic amines) is 1. The maximum absolute atomic E-state index is 12.6. The van der Waals surface area contributed by atoms with Crippen molar-refractivity contribution in [2.24, 2.45) is 13.0 Å². The van der Waals surface area contributed by atoms with Crippen molar-refractivity contribution in [3.63, 3.8) is 0 Å². The number of ether oxygens (including phenoxy) is 1. The number of nitrogens with zero attached hydrogens (tertiary/aromatic N) is 3. The second kappa shape index (κ2) is 8.36. The third-order valence-corrected chi connectivity index (χ3v) is 3.75. The molecule has 6 nitrogen and oxygen atoms in total. The number of rotatable bonds is 6. The summed E-state index contributed by atoms with van der Waals surface area (Å²) in [6, 6.07) is -0.311. The van der Waals surface area contributed by atoms with Crippen LogP contribution in [0.2, 0.25) is 0 Å². The molecule has 0 saturated carbocycles. The van der Waals surface area contributed by atoms with Gasteiger partial charge in [0.15, 0.2) is 0 Å². The zero-order valence-corrected chi connectivity index (χ0v) is 13.7. The van der Waals surface area contributed by atoms with Crippen molar-refractivity contribution in [3.05, 3.63) is 18.0 Å². The molecule has 1 aliphatic heterocycles. The minimum atomic E-state index is -0.311. The van der Waals surface area contributed by atoms with E-state index in [4.69, 9.17) is 4.74 Å². The van der Waals surface area contributed by atoms with E-state index in [1.54, 1.807) is 10.9 Å². The molecule has 0 aromatic carbocycles. The Morgan fingerprint density at radius 3 is 2.95 bits per heavy atom. The summed E-state index contributed by atoms with van der Waals surface area (Å²) in [5.74, 6) is 0.588. The highest BCUT2D eigenvalue weighted by Gasteiger charge is 2.31. The van der Waals surface area contributed by atoms with Crippen molar-refractivity contribution < 1.29 is 9.53 Å². The van der Waals surface area contributed by atoms with Crippen LogP contribution in [-0.2, 0) is 16.6 Å². The Bertz CT molecular complexity index is 452. The molecule has 2 atom stereocenters. The van der Waals surface area contributed by atoms with Crippen LogP contribution >= 0.6 is 12.4 Å². The van der Waals surface area contributed by atoms with Gasteiger partial charge < -0.3 is 15.0 Å². The first kappa shape index (κ1) is 17.9. The number of amides is 1.